The predicted molar refractivity (Wildman–Crippen MR) is 62.7 cm³/mol. The van der Waals surface area contributed by atoms with Crippen LogP contribution in [0.5, 0.6) is 0 Å². The Hall–Kier alpha value is -1.43. The van der Waals surface area contributed by atoms with E-state index in [1.54, 1.807) is 0 Å². The number of carboxylic acids is 1. The van der Waals surface area contributed by atoms with Gasteiger partial charge in [0.2, 0.25) is 11.8 Å². The largest absolute Gasteiger partial charge is 0.480 e. The van der Waals surface area contributed by atoms with Crippen LogP contribution in [0.15, 0.2) is 0 Å². The van der Waals surface area contributed by atoms with Gasteiger partial charge in [0.1, 0.15) is 6.04 Å². The summed E-state index contributed by atoms with van der Waals surface area (Å²) in [7, 11) is 0. The SMILES string of the molecule is CCCNC(CCN1C(=O)C2CC2C1=O)C(=O)O. The number of rotatable bonds is 7. The monoisotopic (exact) mass is 254 g/mol. The number of amides is 2. The first-order valence-electron chi connectivity index (χ1n) is 6.37. The van der Waals surface area contributed by atoms with Crippen molar-refractivity contribution in [3.8, 4) is 0 Å². The molecule has 0 spiro atoms. The molecule has 6 heteroatoms. The minimum absolute atomic E-state index is 0.107. The minimum atomic E-state index is -0.937. The van der Waals surface area contributed by atoms with E-state index < -0.39 is 12.0 Å². The third kappa shape index (κ3) is 2.38. The molecule has 1 aliphatic carbocycles. The zero-order valence-corrected chi connectivity index (χ0v) is 10.4. The first-order valence-corrected chi connectivity index (χ1v) is 6.37. The number of piperidine rings is 1. The second-order valence-corrected chi connectivity index (χ2v) is 4.91. The Labute approximate surface area is 105 Å². The van der Waals surface area contributed by atoms with Crippen molar-refractivity contribution in [3.63, 3.8) is 0 Å². The van der Waals surface area contributed by atoms with E-state index in [0.717, 1.165) is 6.42 Å². The Balaban J connectivity index is 1.84. The van der Waals surface area contributed by atoms with E-state index in [4.69, 9.17) is 5.11 Å². The summed E-state index contributed by atoms with van der Waals surface area (Å²) < 4.78 is 0. The van der Waals surface area contributed by atoms with E-state index >= 15 is 0 Å². The smallest absolute Gasteiger partial charge is 0.320 e. The van der Waals surface area contributed by atoms with Crippen LogP contribution in [-0.4, -0.2) is 46.9 Å². The standard InChI is InChI=1S/C12H18N2O4/c1-2-4-13-9(12(17)18)3-5-14-10(15)7-6-8(7)11(14)16/h7-9,13H,2-6H2,1H3,(H,17,18). The number of aliphatic carboxylic acids is 1. The molecule has 1 aliphatic heterocycles. The number of imide groups is 1. The van der Waals surface area contributed by atoms with E-state index in [9.17, 15) is 14.4 Å². The van der Waals surface area contributed by atoms with Crippen molar-refractivity contribution in [1.29, 1.82) is 0 Å². The van der Waals surface area contributed by atoms with Crippen LogP contribution in [0, 0.1) is 11.8 Å². The van der Waals surface area contributed by atoms with Gasteiger partial charge in [0.15, 0.2) is 0 Å². The average Bonchev–Trinajstić information content (AvgIpc) is 3.07. The van der Waals surface area contributed by atoms with Crippen molar-refractivity contribution in [2.75, 3.05) is 13.1 Å². The summed E-state index contributed by atoms with van der Waals surface area (Å²) in [4.78, 5) is 35.6. The number of carboxylic acid groups (broad SMARTS) is 1. The van der Waals surface area contributed by atoms with E-state index in [0.29, 0.717) is 13.0 Å². The molecule has 1 heterocycles. The number of nitrogens with one attached hydrogen (secondary N) is 1. The summed E-state index contributed by atoms with van der Waals surface area (Å²) in [5, 5.41) is 11.9. The van der Waals surface area contributed by atoms with E-state index in [1.165, 1.54) is 4.90 Å². The molecular weight excluding hydrogens is 236 g/mol. The lowest BCUT2D eigenvalue weighted by molar-refractivity contribution is -0.144. The molecule has 0 radical (unpaired) electrons. The second kappa shape index (κ2) is 5.06. The lowest BCUT2D eigenvalue weighted by Crippen LogP contribution is -2.42. The molecule has 1 saturated heterocycles. The number of hydrogen-bond acceptors (Lipinski definition) is 4. The zero-order chi connectivity index (χ0) is 13.3. The average molecular weight is 254 g/mol. The lowest BCUT2D eigenvalue weighted by Gasteiger charge is -2.19. The van der Waals surface area contributed by atoms with Crippen LogP contribution >= 0.6 is 0 Å². The van der Waals surface area contributed by atoms with Crippen LogP contribution in [0.2, 0.25) is 0 Å². The molecule has 2 fully saturated rings. The van der Waals surface area contributed by atoms with Crippen molar-refractivity contribution >= 4 is 17.8 Å². The van der Waals surface area contributed by atoms with Gasteiger partial charge in [0, 0.05) is 6.54 Å². The van der Waals surface area contributed by atoms with Crippen molar-refractivity contribution in [1.82, 2.24) is 10.2 Å². The van der Waals surface area contributed by atoms with Gasteiger partial charge in [0.05, 0.1) is 11.8 Å². The first-order chi connectivity index (χ1) is 8.56. The quantitative estimate of drug-likeness (QED) is 0.616. The van der Waals surface area contributed by atoms with Gasteiger partial charge < -0.3 is 10.4 Å². The predicted octanol–water partition coefficient (Wildman–Crippen LogP) is -0.166. The molecule has 0 bridgehead atoms. The third-order valence-electron chi connectivity index (χ3n) is 3.54. The zero-order valence-electron chi connectivity index (χ0n) is 10.4. The van der Waals surface area contributed by atoms with Crippen LogP contribution in [0.4, 0.5) is 0 Å². The Kier molecular flexibility index (Phi) is 3.65. The maximum absolute atomic E-state index is 11.7. The summed E-state index contributed by atoms with van der Waals surface area (Å²) >= 11 is 0. The molecule has 3 atom stereocenters. The highest BCUT2D eigenvalue weighted by molar-refractivity contribution is 6.08. The third-order valence-corrected chi connectivity index (χ3v) is 3.54. The molecule has 2 amide bonds. The highest BCUT2D eigenvalue weighted by Crippen LogP contribution is 2.46. The van der Waals surface area contributed by atoms with Crippen molar-refractivity contribution in [3.05, 3.63) is 0 Å². The normalized spacial score (nSPS) is 27.3. The van der Waals surface area contributed by atoms with Crippen molar-refractivity contribution < 1.29 is 19.5 Å². The minimum Gasteiger partial charge on any atom is -0.480 e. The van der Waals surface area contributed by atoms with Gasteiger partial charge in [-0.25, -0.2) is 0 Å². The van der Waals surface area contributed by atoms with Crippen LogP contribution in [0.3, 0.4) is 0 Å². The maximum Gasteiger partial charge on any atom is 0.320 e. The Morgan fingerprint density at radius 1 is 1.44 bits per heavy atom. The summed E-state index contributed by atoms with van der Waals surface area (Å²) in [6.07, 6.45) is 1.80. The Morgan fingerprint density at radius 3 is 2.56 bits per heavy atom. The van der Waals surface area contributed by atoms with Crippen molar-refractivity contribution in [2.45, 2.75) is 32.2 Å². The molecular formula is C12H18N2O4. The molecule has 0 aromatic rings. The van der Waals surface area contributed by atoms with E-state index in [-0.39, 0.29) is 36.6 Å². The van der Waals surface area contributed by atoms with Gasteiger partial charge in [-0.1, -0.05) is 6.92 Å². The van der Waals surface area contributed by atoms with Crippen LogP contribution in [-0.2, 0) is 14.4 Å². The number of nitrogens with zero attached hydrogens (tertiary/aromatic N) is 1. The van der Waals surface area contributed by atoms with Gasteiger partial charge in [-0.15, -0.1) is 0 Å². The maximum atomic E-state index is 11.7. The fourth-order valence-corrected chi connectivity index (χ4v) is 2.36. The van der Waals surface area contributed by atoms with Crippen LogP contribution < -0.4 is 5.32 Å². The number of fused-ring (bicyclic) bond motifs is 1. The molecule has 6 nitrogen and oxygen atoms in total. The number of carbonyl (C=O) groups excluding carboxylic acids is 2. The molecule has 2 aliphatic rings. The number of carbonyl (C=O) groups is 3. The summed E-state index contributed by atoms with van der Waals surface area (Å²) in [5.74, 6) is -1.39. The number of likely N-dealkylation sites (tertiary alicyclic amines) is 1. The summed E-state index contributed by atoms with van der Waals surface area (Å²) in [5.41, 5.74) is 0. The molecule has 2 N–H and O–H groups in total. The van der Waals surface area contributed by atoms with Gasteiger partial charge in [0.25, 0.3) is 0 Å². The molecule has 3 unspecified atom stereocenters. The van der Waals surface area contributed by atoms with E-state index in [2.05, 4.69) is 5.32 Å². The van der Waals surface area contributed by atoms with Gasteiger partial charge in [-0.3, -0.25) is 19.3 Å². The molecule has 18 heavy (non-hydrogen) atoms. The second-order valence-electron chi connectivity index (χ2n) is 4.91. The molecule has 2 rings (SSSR count). The van der Waals surface area contributed by atoms with Gasteiger partial charge >= 0.3 is 5.97 Å². The van der Waals surface area contributed by atoms with Crippen LogP contribution in [0.1, 0.15) is 26.2 Å². The van der Waals surface area contributed by atoms with Crippen molar-refractivity contribution in [2.24, 2.45) is 11.8 Å². The Bertz CT molecular complexity index is 362. The summed E-state index contributed by atoms with van der Waals surface area (Å²) in [6, 6.07) is -0.692. The van der Waals surface area contributed by atoms with Gasteiger partial charge in [-0.05, 0) is 25.8 Å². The highest BCUT2D eigenvalue weighted by atomic mass is 16.4. The molecule has 0 aromatic carbocycles. The van der Waals surface area contributed by atoms with Gasteiger partial charge in [-0.2, -0.15) is 0 Å². The fraction of sp³-hybridized carbons (Fsp3) is 0.750. The molecule has 1 saturated carbocycles. The summed E-state index contributed by atoms with van der Waals surface area (Å²) in [6.45, 7) is 2.77. The first kappa shape index (κ1) is 13.0. The molecule has 0 aromatic heterocycles. The lowest BCUT2D eigenvalue weighted by atomic mass is 10.2. The molecule has 100 valence electrons. The fourth-order valence-electron chi connectivity index (χ4n) is 2.36. The van der Waals surface area contributed by atoms with Crippen LogP contribution in [0.25, 0.3) is 0 Å². The number of hydrogen-bond donors (Lipinski definition) is 2. The van der Waals surface area contributed by atoms with E-state index in [1.807, 2.05) is 6.92 Å². The Morgan fingerprint density at radius 2 is 2.06 bits per heavy atom. The highest BCUT2D eigenvalue weighted by Gasteiger charge is 2.58. The topological polar surface area (TPSA) is 86.7 Å².